The smallest absolute Gasteiger partial charge is 0.242 e. The highest BCUT2D eigenvalue weighted by atomic mass is 16.2. The first kappa shape index (κ1) is 12.6. The molecule has 2 amide bonds. The zero-order chi connectivity index (χ0) is 11.1. The molecule has 1 unspecified atom stereocenters. The molecule has 0 fully saturated rings. The van der Waals surface area contributed by atoms with Crippen molar-refractivity contribution < 1.29 is 14.4 Å². The van der Waals surface area contributed by atoms with E-state index in [2.05, 4.69) is 5.32 Å². The Labute approximate surface area is 82.4 Å². The third-order valence-electron chi connectivity index (χ3n) is 1.60. The van der Waals surface area contributed by atoms with Gasteiger partial charge in [-0.05, 0) is 6.92 Å². The fourth-order valence-electron chi connectivity index (χ4n) is 0.672. The number of amides is 2. The van der Waals surface area contributed by atoms with Gasteiger partial charge in [0.15, 0.2) is 0 Å². The fraction of sp³-hybridized carbons (Fsp3) is 0.625. The molecule has 80 valence electrons. The molecule has 0 aliphatic rings. The Morgan fingerprint density at radius 3 is 2.57 bits per heavy atom. The van der Waals surface area contributed by atoms with Crippen LogP contribution in [0.25, 0.3) is 0 Å². The topological polar surface area (TPSA) is 92.5 Å². The van der Waals surface area contributed by atoms with E-state index in [1.165, 1.54) is 18.9 Å². The highest BCUT2D eigenvalue weighted by Gasteiger charge is 2.11. The number of nitrogens with two attached hydrogens (primary N) is 1. The van der Waals surface area contributed by atoms with Gasteiger partial charge in [0.2, 0.25) is 11.8 Å². The number of nitrogens with one attached hydrogen (secondary N) is 1. The van der Waals surface area contributed by atoms with E-state index < -0.39 is 11.9 Å². The van der Waals surface area contributed by atoms with Gasteiger partial charge in [0.1, 0.15) is 6.29 Å². The Hall–Kier alpha value is -1.43. The van der Waals surface area contributed by atoms with E-state index in [1.54, 1.807) is 0 Å². The summed E-state index contributed by atoms with van der Waals surface area (Å²) in [6.45, 7) is 1.41. The molecule has 6 heteroatoms. The first-order valence-corrected chi connectivity index (χ1v) is 4.20. The number of carbonyl (C=O) groups excluding carboxylic acids is 3. The van der Waals surface area contributed by atoms with Crippen molar-refractivity contribution in [1.29, 1.82) is 0 Å². The van der Waals surface area contributed by atoms with E-state index in [9.17, 15) is 14.4 Å². The van der Waals surface area contributed by atoms with E-state index in [0.29, 0.717) is 6.29 Å². The molecule has 0 aromatic carbocycles. The van der Waals surface area contributed by atoms with Gasteiger partial charge < -0.3 is 20.7 Å². The second-order valence-corrected chi connectivity index (χ2v) is 2.95. The predicted octanol–water partition coefficient (Wildman–Crippen LogP) is -1.89. The molecule has 0 aromatic heterocycles. The summed E-state index contributed by atoms with van der Waals surface area (Å²) in [5.41, 5.74) is 5.26. The molecule has 14 heavy (non-hydrogen) atoms. The SMILES string of the molecule is CC(N)C(=O)NCC(=O)N(C)CC=O. The number of carbonyl (C=O) groups is 3. The van der Waals surface area contributed by atoms with Gasteiger partial charge in [0, 0.05) is 7.05 Å². The van der Waals surface area contributed by atoms with E-state index >= 15 is 0 Å². The second kappa shape index (κ2) is 6.09. The number of aldehydes is 1. The fourth-order valence-corrected chi connectivity index (χ4v) is 0.672. The third kappa shape index (κ3) is 4.56. The molecule has 0 aromatic rings. The summed E-state index contributed by atoms with van der Waals surface area (Å²) < 4.78 is 0. The number of nitrogens with zero attached hydrogens (tertiary/aromatic N) is 1. The summed E-state index contributed by atoms with van der Waals surface area (Å²) in [6.07, 6.45) is 0.616. The first-order valence-electron chi connectivity index (χ1n) is 4.20. The van der Waals surface area contributed by atoms with Crippen LogP contribution in [-0.4, -0.2) is 49.2 Å². The van der Waals surface area contributed by atoms with Gasteiger partial charge in [-0.2, -0.15) is 0 Å². The van der Waals surface area contributed by atoms with Crippen LogP contribution in [0.1, 0.15) is 6.92 Å². The Morgan fingerprint density at radius 2 is 2.14 bits per heavy atom. The Kier molecular flexibility index (Phi) is 5.47. The number of rotatable bonds is 5. The average molecular weight is 201 g/mol. The molecule has 6 nitrogen and oxygen atoms in total. The van der Waals surface area contributed by atoms with Crippen molar-refractivity contribution in [3.8, 4) is 0 Å². The molecule has 1 atom stereocenters. The minimum atomic E-state index is -0.640. The predicted molar refractivity (Wildman–Crippen MR) is 50.4 cm³/mol. The first-order chi connectivity index (χ1) is 6.49. The quantitative estimate of drug-likeness (QED) is 0.508. The average Bonchev–Trinajstić information content (AvgIpc) is 2.13. The van der Waals surface area contributed by atoms with Gasteiger partial charge >= 0.3 is 0 Å². The molecule has 0 saturated carbocycles. The Bertz CT molecular complexity index is 228. The minimum Gasteiger partial charge on any atom is -0.346 e. The van der Waals surface area contributed by atoms with Gasteiger partial charge in [0.05, 0.1) is 19.1 Å². The zero-order valence-corrected chi connectivity index (χ0v) is 8.32. The molecule has 0 saturated heterocycles. The normalized spacial score (nSPS) is 11.6. The minimum absolute atomic E-state index is 0.0207. The van der Waals surface area contributed by atoms with E-state index in [4.69, 9.17) is 5.73 Å². The van der Waals surface area contributed by atoms with Crippen LogP contribution >= 0.6 is 0 Å². The number of hydrogen-bond acceptors (Lipinski definition) is 4. The lowest BCUT2D eigenvalue weighted by Gasteiger charge is -2.14. The van der Waals surface area contributed by atoms with Crippen molar-refractivity contribution >= 4 is 18.1 Å². The van der Waals surface area contributed by atoms with Crippen molar-refractivity contribution in [2.75, 3.05) is 20.1 Å². The second-order valence-electron chi connectivity index (χ2n) is 2.95. The lowest BCUT2D eigenvalue weighted by molar-refractivity contribution is -0.133. The van der Waals surface area contributed by atoms with Crippen LogP contribution in [0.4, 0.5) is 0 Å². The van der Waals surface area contributed by atoms with Crippen molar-refractivity contribution in [3.05, 3.63) is 0 Å². The molecular weight excluding hydrogens is 186 g/mol. The van der Waals surface area contributed by atoms with Gasteiger partial charge in [-0.25, -0.2) is 0 Å². The maximum absolute atomic E-state index is 11.2. The van der Waals surface area contributed by atoms with Crippen LogP contribution in [0.3, 0.4) is 0 Å². The van der Waals surface area contributed by atoms with E-state index in [-0.39, 0.29) is 19.0 Å². The molecular formula is C8H15N3O3. The summed E-state index contributed by atoms with van der Waals surface area (Å²) in [5.74, 6) is -0.719. The number of hydrogen-bond donors (Lipinski definition) is 2. The summed E-state index contributed by atoms with van der Waals surface area (Å²) in [6, 6.07) is -0.640. The molecule has 0 spiro atoms. The Morgan fingerprint density at radius 1 is 1.57 bits per heavy atom. The summed E-state index contributed by atoms with van der Waals surface area (Å²) in [5, 5.41) is 2.35. The van der Waals surface area contributed by atoms with Crippen LogP contribution in [0, 0.1) is 0 Å². The van der Waals surface area contributed by atoms with Gasteiger partial charge in [0.25, 0.3) is 0 Å². The van der Waals surface area contributed by atoms with Crippen molar-refractivity contribution in [3.63, 3.8) is 0 Å². The molecule has 0 heterocycles. The van der Waals surface area contributed by atoms with Crippen LogP contribution < -0.4 is 11.1 Å². The standard InChI is InChI=1S/C8H15N3O3/c1-6(9)8(14)10-5-7(13)11(2)3-4-12/h4,6H,3,5,9H2,1-2H3,(H,10,14). The Balaban J connectivity index is 3.84. The molecule has 0 bridgehead atoms. The van der Waals surface area contributed by atoms with E-state index in [1.807, 2.05) is 0 Å². The highest BCUT2D eigenvalue weighted by Crippen LogP contribution is 1.82. The molecule has 0 aliphatic heterocycles. The van der Waals surface area contributed by atoms with Crippen LogP contribution in [-0.2, 0) is 14.4 Å². The van der Waals surface area contributed by atoms with Crippen molar-refractivity contribution in [2.45, 2.75) is 13.0 Å². The van der Waals surface area contributed by atoms with Gasteiger partial charge in [-0.3, -0.25) is 9.59 Å². The lowest BCUT2D eigenvalue weighted by atomic mass is 10.3. The van der Waals surface area contributed by atoms with Gasteiger partial charge in [-0.1, -0.05) is 0 Å². The van der Waals surface area contributed by atoms with Crippen molar-refractivity contribution in [2.24, 2.45) is 5.73 Å². The largest absolute Gasteiger partial charge is 0.346 e. The van der Waals surface area contributed by atoms with Crippen molar-refractivity contribution in [1.82, 2.24) is 10.2 Å². The van der Waals surface area contributed by atoms with Gasteiger partial charge in [-0.15, -0.1) is 0 Å². The maximum Gasteiger partial charge on any atom is 0.242 e. The zero-order valence-electron chi connectivity index (χ0n) is 8.32. The monoisotopic (exact) mass is 201 g/mol. The van der Waals surface area contributed by atoms with E-state index in [0.717, 1.165) is 0 Å². The third-order valence-corrected chi connectivity index (χ3v) is 1.60. The summed E-state index contributed by atoms with van der Waals surface area (Å²) in [7, 11) is 1.48. The lowest BCUT2D eigenvalue weighted by Crippen LogP contribution is -2.44. The summed E-state index contributed by atoms with van der Waals surface area (Å²) in [4.78, 5) is 33.4. The van der Waals surface area contributed by atoms with Crippen LogP contribution in [0.2, 0.25) is 0 Å². The highest BCUT2D eigenvalue weighted by molar-refractivity contribution is 5.87. The molecule has 0 radical (unpaired) electrons. The number of likely N-dealkylation sites (N-methyl/N-ethyl adjacent to an activating group) is 1. The summed E-state index contributed by atoms with van der Waals surface area (Å²) >= 11 is 0. The molecule has 0 aliphatic carbocycles. The van der Waals surface area contributed by atoms with Crippen LogP contribution in [0.5, 0.6) is 0 Å². The molecule has 3 N–H and O–H groups in total. The van der Waals surface area contributed by atoms with Crippen LogP contribution in [0.15, 0.2) is 0 Å². The maximum atomic E-state index is 11.2. The molecule has 0 rings (SSSR count).